The van der Waals surface area contributed by atoms with E-state index in [0.29, 0.717) is 13.1 Å². The van der Waals surface area contributed by atoms with Crippen LogP contribution in [-0.2, 0) is 16.0 Å². The van der Waals surface area contributed by atoms with Gasteiger partial charge in [-0.1, -0.05) is 19.1 Å². The predicted octanol–water partition coefficient (Wildman–Crippen LogP) is 0.939. The van der Waals surface area contributed by atoms with Gasteiger partial charge in [0, 0.05) is 12.2 Å². The minimum Gasteiger partial charge on any atom is -0.365 e. The Kier molecular flexibility index (Phi) is 3.76. The third-order valence-electron chi connectivity index (χ3n) is 3.05. The Balaban J connectivity index is 2.15. The summed E-state index contributed by atoms with van der Waals surface area (Å²) < 4.78 is 5.32. The molecular formula is C13H18N2O2. The molecule has 2 N–H and O–H groups in total. The molecule has 92 valence electrons. The molecule has 1 aliphatic rings. The van der Waals surface area contributed by atoms with E-state index in [2.05, 4.69) is 19.1 Å². The second kappa shape index (κ2) is 5.29. The van der Waals surface area contributed by atoms with Crippen LogP contribution in [0.15, 0.2) is 24.3 Å². The molecular weight excluding hydrogens is 216 g/mol. The van der Waals surface area contributed by atoms with E-state index in [0.717, 1.165) is 12.1 Å². The van der Waals surface area contributed by atoms with Crippen molar-refractivity contribution in [3.63, 3.8) is 0 Å². The van der Waals surface area contributed by atoms with Crippen molar-refractivity contribution in [1.82, 2.24) is 0 Å². The normalized spacial score (nSPS) is 20.7. The summed E-state index contributed by atoms with van der Waals surface area (Å²) >= 11 is 0. The maximum atomic E-state index is 11.8. The van der Waals surface area contributed by atoms with Crippen LogP contribution in [0.1, 0.15) is 12.5 Å². The highest BCUT2D eigenvalue weighted by Crippen LogP contribution is 2.19. The van der Waals surface area contributed by atoms with Crippen molar-refractivity contribution >= 4 is 11.6 Å². The minimum absolute atomic E-state index is 0.000974. The van der Waals surface area contributed by atoms with E-state index >= 15 is 0 Å². The van der Waals surface area contributed by atoms with E-state index < -0.39 is 0 Å². The third kappa shape index (κ3) is 2.65. The number of carbonyl (C=O) groups is 1. The van der Waals surface area contributed by atoms with Gasteiger partial charge in [0.1, 0.15) is 6.61 Å². The fourth-order valence-corrected chi connectivity index (χ4v) is 1.93. The van der Waals surface area contributed by atoms with Crippen LogP contribution < -0.4 is 10.6 Å². The lowest BCUT2D eigenvalue weighted by Crippen LogP contribution is -2.49. The number of aryl methyl sites for hydroxylation is 1. The molecule has 1 atom stereocenters. The Bertz CT molecular complexity index is 389. The maximum absolute atomic E-state index is 11.8. The summed E-state index contributed by atoms with van der Waals surface area (Å²) in [7, 11) is 0. The number of carbonyl (C=O) groups excluding carboxylic acids is 1. The zero-order valence-corrected chi connectivity index (χ0v) is 10.1. The van der Waals surface area contributed by atoms with E-state index in [1.165, 1.54) is 5.56 Å². The number of rotatable bonds is 3. The number of hydrogen-bond acceptors (Lipinski definition) is 3. The lowest BCUT2D eigenvalue weighted by atomic mass is 10.1. The van der Waals surface area contributed by atoms with Crippen molar-refractivity contribution in [3.05, 3.63) is 29.8 Å². The number of nitrogens with two attached hydrogens (primary N) is 1. The van der Waals surface area contributed by atoms with Gasteiger partial charge < -0.3 is 15.4 Å². The standard InChI is InChI=1S/C13H18N2O2/c1-2-10-3-5-11(6-4-10)15-8-12(7-14)17-9-13(15)16/h3-6,12H,2,7-9,14H2,1H3. The molecule has 4 heteroatoms. The van der Waals surface area contributed by atoms with Gasteiger partial charge >= 0.3 is 0 Å². The quantitative estimate of drug-likeness (QED) is 0.846. The highest BCUT2D eigenvalue weighted by Gasteiger charge is 2.26. The summed E-state index contributed by atoms with van der Waals surface area (Å²) in [6.07, 6.45) is 0.946. The van der Waals surface area contributed by atoms with Crippen LogP contribution in [-0.4, -0.2) is 31.7 Å². The zero-order chi connectivity index (χ0) is 12.3. The molecule has 1 aliphatic heterocycles. The van der Waals surface area contributed by atoms with Crippen molar-refractivity contribution in [2.75, 3.05) is 24.6 Å². The third-order valence-corrected chi connectivity index (χ3v) is 3.05. The van der Waals surface area contributed by atoms with E-state index in [1.54, 1.807) is 4.90 Å². The molecule has 0 radical (unpaired) electrons. The molecule has 4 nitrogen and oxygen atoms in total. The molecule has 0 aromatic heterocycles. The molecule has 17 heavy (non-hydrogen) atoms. The van der Waals surface area contributed by atoms with Gasteiger partial charge in [-0.3, -0.25) is 4.79 Å². The Morgan fingerprint density at radius 3 is 2.71 bits per heavy atom. The van der Waals surface area contributed by atoms with Gasteiger partial charge in [-0.15, -0.1) is 0 Å². The summed E-state index contributed by atoms with van der Waals surface area (Å²) in [6.45, 7) is 3.22. The largest absolute Gasteiger partial charge is 0.365 e. The molecule has 0 spiro atoms. The molecule has 0 bridgehead atoms. The van der Waals surface area contributed by atoms with Crippen molar-refractivity contribution in [2.24, 2.45) is 5.73 Å². The summed E-state index contributed by atoms with van der Waals surface area (Å²) in [5.74, 6) is -0.000974. The SMILES string of the molecule is CCc1ccc(N2CC(CN)OCC2=O)cc1. The fraction of sp³-hybridized carbons (Fsp3) is 0.462. The maximum Gasteiger partial charge on any atom is 0.253 e. The zero-order valence-electron chi connectivity index (χ0n) is 10.1. The van der Waals surface area contributed by atoms with Crippen LogP contribution in [0.2, 0.25) is 0 Å². The number of benzene rings is 1. The highest BCUT2D eigenvalue weighted by molar-refractivity contribution is 5.94. The number of amides is 1. The molecule has 2 rings (SSSR count). The summed E-state index contributed by atoms with van der Waals surface area (Å²) in [5, 5.41) is 0. The molecule has 0 saturated carbocycles. The Morgan fingerprint density at radius 2 is 2.12 bits per heavy atom. The van der Waals surface area contributed by atoms with E-state index in [4.69, 9.17) is 10.5 Å². The fourth-order valence-electron chi connectivity index (χ4n) is 1.93. The van der Waals surface area contributed by atoms with E-state index in [9.17, 15) is 4.79 Å². The molecule has 1 saturated heterocycles. The second-order valence-corrected chi connectivity index (χ2v) is 4.19. The average molecular weight is 234 g/mol. The van der Waals surface area contributed by atoms with E-state index in [1.807, 2.05) is 12.1 Å². The average Bonchev–Trinajstić information content (AvgIpc) is 2.39. The summed E-state index contributed by atoms with van der Waals surface area (Å²) in [5.41, 5.74) is 7.76. The molecule has 1 amide bonds. The smallest absolute Gasteiger partial charge is 0.253 e. The molecule has 1 heterocycles. The van der Waals surface area contributed by atoms with Gasteiger partial charge in [-0.2, -0.15) is 0 Å². The molecule has 0 aliphatic carbocycles. The van der Waals surface area contributed by atoms with Crippen molar-refractivity contribution in [3.8, 4) is 0 Å². The molecule has 1 aromatic rings. The number of hydrogen-bond donors (Lipinski definition) is 1. The molecule has 1 aromatic carbocycles. The van der Waals surface area contributed by atoms with Crippen LogP contribution >= 0.6 is 0 Å². The number of ether oxygens (including phenoxy) is 1. The molecule has 1 fully saturated rings. The van der Waals surface area contributed by atoms with Crippen LogP contribution in [0.4, 0.5) is 5.69 Å². The number of morpholine rings is 1. The topological polar surface area (TPSA) is 55.6 Å². The first-order valence-corrected chi connectivity index (χ1v) is 5.95. The lowest BCUT2D eigenvalue weighted by Gasteiger charge is -2.32. The second-order valence-electron chi connectivity index (χ2n) is 4.19. The predicted molar refractivity (Wildman–Crippen MR) is 67.0 cm³/mol. The monoisotopic (exact) mass is 234 g/mol. The Morgan fingerprint density at radius 1 is 1.41 bits per heavy atom. The van der Waals surface area contributed by atoms with Crippen molar-refractivity contribution in [1.29, 1.82) is 0 Å². The van der Waals surface area contributed by atoms with Crippen LogP contribution in [0.25, 0.3) is 0 Å². The van der Waals surface area contributed by atoms with Gasteiger partial charge in [-0.25, -0.2) is 0 Å². The number of nitrogens with zero attached hydrogens (tertiary/aromatic N) is 1. The van der Waals surface area contributed by atoms with Crippen LogP contribution in [0.5, 0.6) is 0 Å². The van der Waals surface area contributed by atoms with Gasteiger partial charge in [0.15, 0.2) is 0 Å². The molecule has 1 unspecified atom stereocenters. The summed E-state index contributed by atoms with van der Waals surface area (Å²) in [6, 6.07) is 8.07. The first kappa shape index (κ1) is 12.1. The summed E-state index contributed by atoms with van der Waals surface area (Å²) in [4.78, 5) is 13.5. The van der Waals surface area contributed by atoms with Gasteiger partial charge in [0.2, 0.25) is 0 Å². The van der Waals surface area contributed by atoms with Crippen molar-refractivity contribution < 1.29 is 9.53 Å². The van der Waals surface area contributed by atoms with Crippen LogP contribution in [0, 0.1) is 0 Å². The Hall–Kier alpha value is -1.39. The first-order chi connectivity index (χ1) is 8.24. The lowest BCUT2D eigenvalue weighted by molar-refractivity contribution is -0.128. The highest BCUT2D eigenvalue weighted by atomic mass is 16.5. The van der Waals surface area contributed by atoms with E-state index in [-0.39, 0.29) is 18.6 Å². The number of anilines is 1. The van der Waals surface area contributed by atoms with Gasteiger partial charge in [0.25, 0.3) is 5.91 Å². The van der Waals surface area contributed by atoms with Crippen LogP contribution in [0.3, 0.4) is 0 Å². The van der Waals surface area contributed by atoms with Gasteiger partial charge in [-0.05, 0) is 24.1 Å². The van der Waals surface area contributed by atoms with Gasteiger partial charge in [0.05, 0.1) is 12.6 Å². The van der Waals surface area contributed by atoms with Crippen molar-refractivity contribution in [2.45, 2.75) is 19.4 Å². The first-order valence-electron chi connectivity index (χ1n) is 5.95. The minimum atomic E-state index is -0.0569. The Labute approximate surface area is 101 Å².